The molecular weight excluding hydrogens is 152 g/mol. The molecule has 0 bridgehead atoms. The highest BCUT2D eigenvalue weighted by Gasteiger charge is 2.15. The molecule has 0 spiro atoms. The molecule has 3 heteroatoms. The Balaban J connectivity index is 2.93. The Morgan fingerprint density at radius 1 is 1.17 bits per heavy atom. The van der Waals surface area contributed by atoms with Crippen LogP contribution < -0.4 is 4.74 Å². The molecule has 1 rings (SSSR count). The highest BCUT2D eigenvalue weighted by Crippen LogP contribution is 2.19. The van der Waals surface area contributed by atoms with Crippen molar-refractivity contribution in [2.75, 3.05) is 7.11 Å². The van der Waals surface area contributed by atoms with Gasteiger partial charge in [0.25, 0.3) is 0 Å². The molecule has 66 valence electrons. The van der Waals surface area contributed by atoms with Gasteiger partial charge in [-0.15, -0.1) is 5.10 Å². The molecule has 0 amide bonds. The van der Waals surface area contributed by atoms with Crippen molar-refractivity contribution in [3.8, 4) is 5.88 Å². The summed E-state index contributed by atoms with van der Waals surface area (Å²) in [6.45, 7) is 6.30. The molecule has 12 heavy (non-hydrogen) atoms. The maximum absolute atomic E-state index is 4.91. The fourth-order valence-corrected chi connectivity index (χ4v) is 0.829. The molecule has 0 atom stereocenters. The SMILES string of the molecule is COc1ccc(C(C)(C)C)nn1. The van der Waals surface area contributed by atoms with Gasteiger partial charge in [-0.2, -0.15) is 5.10 Å². The van der Waals surface area contributed by atoms with E-state index in [1.165, 1.54) is 0 Å². The molecule has 0 fully saturated rings. The summed E-state index contributed by atoms with van der Waals surface area (Å²) >= 11 is 0. The standard InChI is InChI=1S/C9H14N2O/c1-9(2,3)7-5-6-8(12-4)11-10-7/h5-6H,1-4H3. The van der Waals surface area contributed by atoms with Crippen molar-refractivity contribution in [3.05, 3.63) is 17.8 Å². The Bertz CT molecular complexity index is 248. The molecule has 0 aromatic carbocycles. The zero-order valence-corrected chi connectivity index (χ0v) is 7.96. The molecule has 0 aliphatic rings. The molecule has 0 aliphatic heterocycles. The molecule has 3 nitrogen and oxygen atoms in total. The first-order valence-corrected chi connectivity index (χ1v) is 3.92. The van der Waals surface area contributed by atoms with Crippen LogP contribution in [-0.2, 0) is 5.41 Å². The summed E-state index contributed by atoms with van der Waals surface area (Å²) < 4.78 is 4.91. The van der Waals surface area contributed by atoms with E-state index in [1.807, 2.05) is 12.1 Å². The summed E-state index contributed by atoms with van der Waals surface area (Å²) in [7, 11) is 1.58. The Morgan fingerprint density at radius 3 is 2.17 bits per heavy atom. The van der Waals surface area contributed by atoms with Gasteiger partial charge in [-0.25, -0.2) is 0 Å². The van der Waals surface area contributed by atoms with Crippen molar-refractivity contribution in [3.63, 3.8) is 0 Å². The normalized spacial score (nSPS) is 11.3. The Kier molecular flexibility index (Phi) is 2.31. The second-order valence-corrected chi connectivity index (χ2v) is 3.71. The lowest BCUT2D eigenvalue weighted by Crippen LogP contribution is -2.14. The average molecular weight is 166 g/mol. The van der Waals surface area contributed by atoms with Gasteiger partial charge in [0.2, 0.25) is 5.88 Å². The molecule has 0 aliphatic carbocycles. The van der Waals surface area contributed by atoms with E-state index in [-0.39, 0.29) is 5.41 Å². The summed E-state index contributed by atoms with van der Waals surface area (Å²) in [5.41, 5.74) is 1.03. The van der Waals surface area contributed by atoms with Crippen LogP contribution in [0.2, 0.25) is 0 Å². The fourth-order valence-electron chi connectivity index (χ4n) is 0.829. The maximum atomic E-state index is 4.91. The van der Waals surface area contributed by atoms with Crippen LogP contribution in [0, 0.1) is 0 Å². The van der Waals surface area contributed by atoms with E-state index in [4.69, 9.17) is 4.74 Å². The molecule has 0 N–H and O–H groups in total. The van der Waals surface area contributed by atoms with E-state index in [0.29, 0.717) is 5.88 Å². The summed E-state index contributed by atoms with van der Waals surface area (Å²) in [6.07, 6.45) is 0. The lowest BCUT2D eigenvalue weighted by molar-refractivity contribution is 0.388. The third-order valence-electron chi connectivity index (χ3n) is 1.62. The molecular formula is C9H14N2O. The van der Waals surface area contributed by atoms with Gasteiger partial charge < -0.3 is 4.74 Å². The lowest BCUT2D eigenvalue weighted by atomic mass is 9.92. The smallest absolute Gasteiger partial charge is 0.233 e. The van der Waals surface area contributed by atoms with Crippen molar-refractivity contribution in [2.45, 2.75) is 26.2 Å². The number of hydrogen-bond donors (Lipinski definition) is 0. The first kappa shape index (κ1) is 8.97. The number of rotatable bonds is 1. The van der Waals surface area contributed by atoms with Crippen LogP contribution in [0.3, 0.4) is 0 Å². The third kappa shape index (κ3) is 1.94. The van der Waals surface area contributed by atoms with E-state index in [2.05, 4.69) is 31.0 Å². The molecule has 1 aromatic rings. The third-order valence-corrected chi connectivity index (χ3v) is 1.62. The minimum absolute atomic E-state index is 0.0548. The van der Waals surface area contributed by atoms with E-state index in [0.717, 1.165) is 5.69 Å². The summed E-state index contributed by atoms with van der Waals surface area (Å²) in [5, 5.41) is 7.94. The van der Waals surface area contributed by atoms with E-state index < -0.39 is 0 Å². The van der Waals surface area contributed by atoms with Crippen molar-refractivity contribution in [1.29, 1.82) is 0 Å². The topological polar surface area (TPSA) is 35.0 Å². The Morgan fingerprint density at radius 2 is 1.83 bits per heavy atom. The number of ether oxygens (including phenoxy) is 1. The van der Waals surface area contributed by atoms with Crippen molar-refractivity contribution in [1.82, 2.24) is 10.2 Å². The Hall–Kier alpha value is -1.12. The number of methoxy groups -OCH3 is 1. The van der Waals surface area contributed by atoms with E-state index in [1.54, 1.807) is 7.11 Å². The highest BCUT2D eigenvalue weighted by molar-refractivity contribution is 5.16. The lowest BCUT2D eigenvalue weighted by Gasteiger charge is -2.16. The van der Waals surface area contributed by atoms with Crippen LogP contribution in [0.1, 0.15) is 26.5 Å². The predicted molar refractivity (Wildman–Crippen MR) is 47.3 cm³/mol. The maximum Gasteiger partial charge on any atom is 0.233 e. The van der Waals surface area contributed by atoms with Crippen molar-refractivity contribution in [2.24, 2.45) is 0 Å². The van der Waals surface area contributed by atoms with Crippen LogP contribution in [-0.4, -0.2) is 17.3 Å². The second kappa shape index (κ2) is 3.09. The van der Waals surface area contributed by atoms with Gasteiger partial charge in [0.15, 0.2) is 0 Å². The molecule has 0 unspecified atom stereocenters. The van der Waals surface area contributed by atoms with Crippen LogP contribution >= 0.6 is 0 Å². The van der Waals surface area contributed by atoms with Crippen molar-refractivity contribution < 1.29 is 4.74 Å². The second-order valence-electron chi connectivity index (χ2n) is 3.71. The zero-order valence-electron chi connectivity index (χ0n) is 7.96. The number of hydrogen-bond acceptors (Lipinski definition) is 3. The molecule has 1 heterocycles. The van der Waals surface area contributed by atoms with Crippen molar-refractivity contribution >= 4 is 0 Å². The van der Waals surface area contributed by atoms with Crippen LogP contribution in [0.15, 0.2) is 12.1 Å². The zero-order chi connectivity index (χ0) is 9.19. The summed E-state index contributed by atoms with van der Waals surface area (Å²) in [5.74, 6) is 0.558. The fraction of sp³-hybridized carbons (Fsp3) is 0.556. The summed E-state index contributed by atoms with van der Waals surface area (Å²) in [4.78, 5) is 0. The largest absolute Gasteiger partial charge is 0.480 e. The van der Waals surface area contributed by atoms with Crippen LogP contribution in [0.5, 0.6) is 5.88 Å². The first-order valence-electron chi connectivity index (χ1n) is 3.92. The van der Waals surface area contributed by atoms with Gasteiger partial charge in [0.05, 0.1) is 12.8 Å². The minimum Gasteiger partial charge on any atom is -0.480 e. The average Bonchev–Trinajstić information content (AvgIpc) is 2.03. The van der Waals surface area contributed by atoms with Crippen LogP contribution in [0.25, 0.3) is 0 Å². The monoisotopic (exact) mass is 166 g/mol. The highest BCUT2D eigenvalue weighted by atomic mass is 16.5. The van der Waals surface area contributed by atoms with Gasteiger partial charge in [-0.1, -0.05) is 20.8 Å². The summed E-state index contributed by atoms with van der Waals surface area (Å²) in [6, 6.07) is 3.76. The Labute approximate surface area is 72.8 Å². The van der Waals surface area contributed by atoms with Gasteiger partial charge in [0, 0.05) is 11.5 Å². The number of nitrogens with zero attached hydrogens (tertiary/aromatic N) is 2. The van der Waals surface area contributed by atoms with E-state index >= 15 is 0 Å². The van der Waals surface area contributed by atoms with Gasteiger partial charge in [-0.05, 0) is 6.07 Å². The molecule has 0 radical (unpaired) electrons. The predicted octanol–water partition coefficient (Wildman–Crippen LogP) is 1.78. The van der Waals surface area contributed by atoms with E-state index in [9.17, 15) is 0 Å². The minimum atomic E-state index is 0.0548. The van der Waals surface area contributed by atoms with Gasteiger partial charge in [-0.3, -0.25) is 0 Å². The molecule has 0 saturated heterocycles. The van der Waals surface area contributed by atoms with Crippen LogP contribution in [0.4, 0.5) is 0 Å². The van der Waals surface area contributed by atoms with Gasteiger partial charge >= 0.3 is 0 Å². The van der Waals surface area contributed by atoms with Gasteiger partial charge in [0.1, 0.15) is 0 Å². The molecule has 1 aromatic heterocycles. The first-order chi connectivity index (χ1) is 5.54. The quantitative estimate of drug-likeness (QED) is 0.638. The molecule has 0 saturated carbocycles. The number of aromatic nitrogens is 2.